The van der Waals surface area contributed by atoms with Crippen LogP contribution in [0.1, 0.15) is 89.9 Å². The Kier molecular flexibility index (Phi) is 30.1. The maximum Gasteiger partial charge on any atom is 0.326 e. The maximum atomic E-state index is 14.1. The van der Waals surface area contributed by atoms with Crippen LogP contribution in [-0.2, 0) is 28.8 Å². The van der Waals surface area contributed by atoms with Gasteiger partial charge < -0.3 is 93.1 Å². The summed E-state index contributed by atoms with van der Waals surface area (Å²) in [6.07, 6.45) is 3.19. The summed E-state index contributed by atoms with van der Waals surface area (Å²) in [7, 11) is 0. The highest BCUT2D eigenvalue weighted by Crippen LogP contribution is 2.09. The van der Waals surface area contributed by atoms with Crippen molar-refractivity contribution in [3.63, 3.8) is 0 Å². The first-order chi connectivity index (χ1) is 29.8. The number of carbonyl (C=O) groups is 6. The lowest BCUT2D eigenvalue weighted by molar-refractivity contribution is -0.142. The lowest BCUT2D eigenvalue weighted by Gasteiger charge is -2.27. The number of nitrogens with two attached hydrogens (primary N) is 7. The Morgan fingerprint density at radius 3 is 0.937 bits per heavy atom. The molecule has 0 saturated heterocycles. The van der Waals surface area contributed by atoms with Crippen molar-refractivity contribution in [3.8, 4) is 0 Å². The topological polar surface area (TPSA) is 508 Å². The van der Waals surface area contributed by atoms with Gasteiger partial charge >= 0.3 is 5.97 Å². The van der Waals surface area contributed by atoms with Gasteiger partial charge in [-0.05, 0) is 103 Å². The standard InChI is InChI=1S/C36H74N20O7/c37-15-3-1-10-22(52-27(57)21(39)9-5-17-48-33(40)41)28(58)54-25(13-7-19-50-35(44)45)30(60)55-24(12-6-18-49-34(42)43)29(59)53-23(11-2-4-16-38)31(61)56-26(32(62)63)14-8-20-51-36(46)47/h21-26H,1-20,37-39H2,(H,52,57)(H,53,59)(H,54,58)(H,55,60)(H,56,61)(H,62,63)(H4,40,41,48)(H4,42,43,49)(H4,44,45,50)(H4,46,47,51)/t21-,22-,23-,24-,25-,26-/m0/s1. The minimum absolute atomic E-state index is 0.0210. The molecular formula is C36H74N20O7. The third-order valence-corrected chi connectivity index (χ3v) is 9.34. The number of unbranched alkanes of at least 4 members (excludes halogenated alkanes) is 2. The van der Waals surface area contributed by atoms with E-state index in [1.165, 1.54) is 0 Å². The Balaban J connectivity index is 6.49. The minimum atomic E-state index is -1.34. The van der Waals surface area contributed by atoms with Gasteiger partial charge in [0.2, 0.25) is 29.5 Å². The molecule has 0 aromatic heterocycles. The summed E-state index contributed by atoms with van der Waals surface area (Å²) in [5.74, 6) is -6.27. The number of carboxylic acids is 1. The number of hydrogen-bond acceptors (Lipinski definition) is 13. The van der Waals surface area contributed by atoms with E-state index < -0.39 is 71.8 Å². The van der Waals surface area contributed by atoms with Gasteiger partial charge in [-0.1, -0.05) is 0 Å². The maximum absolute atomic E-state index is 14.1. The molecular weight excluding hydrogens is 825 g/mol. The van der Waals surface area contributed by atoms with Crippen LogP contribution in [0, 0.1) is 21.6 Å². The molecule has 0 aliphatic rings. The fourth-order valence-corrected chi connectivity index (χ4v) is 5.95. The molecule has 0 radical (unpaired) electrons. The summed E-state index contributed by atoms with van der Waals surface area (Å²) in [4.78, 5) is 80.6. The van der Waals surface area contributed by atoms with Gasteiger partial charge in [-0.3, -0.25) is 45.6 Å². The second-order valence-electron chi connectivity index (χ2n) is 14.8. The van der Waals surface area contributed by atoms with E-state index in [9.17, 15) is 33.9 Å². The average Bonchev–Trinajstić information content (AvgIpc) is 3.21. The molecule has 0 aromatic carbocycles. The van der Waals surface area contributed by atoms with Crippen LogP contribution in [0.25, 0.3) is 0 Å². The molecule has 0 aliphatic carbocycles. The molecule has 0 rings (SSSR count). The predicted octanol–water partition coefficient (Wildman–Crippen LogP) is -5.87. The van der Waals surface area contributed by atoms with Crippen molar-refractivity contribution in [1.29, 1.82) is 21.6 Å². The highest BCUT2D eigenvalue weighted by atomic mass is 16.4. The highest BCUT2D eigenvalue weighted by molar-refractivity contribution is 5.96. The molecule has 0 aromatic rings. The lowest BCUT2D eigenvalue weighted by Crippen LogP contribution is -2.59. The van der Waals surface area contributed by atoms with Crippen molar-refractivity contribution in [2.75, 3.05) is 39.3 Å². The SMILES string of the molecule is N=C(N)NCCC[C@H](NC(=O)[C@H](CCCCN)NC(=O)[C@H](CCCNC(=N)N)NC(=O)[C@H](CCCNC(=N)N)NC(=O)[C@H](CCCCN)NC(=O)[C@@H](N)CCCNC(=N)N)C(=O)O. The second kappa shape index (κ2) is 33.4. The van der Waals surface area contributed by atoms with Crippen molar-refractivity contribution >= 4 is 59.3 Å². The number of guanidine groups is 4. The van der Waals surface area contributed by atoms with Crippen molar-refractivity contribution in [2.24, 2.45) is 40.1 Å². The molecule has 28 N–H and O–H groups in total. The van der Waals surface area contributed by atoms with Gasteiger partial charge in [0.1, 0.15) is 30.2 Å². The van der Waals surface area contributed by atoms with E-state index in [4.69, 9.17) is 61.8 Å². The molecule has 27 heteroatoms. The monoisotopic (exact) mass is 899 g/mol. The summed E-state index contributed by atoms with van der Waals surface area (Å²) < 4.78 is 0. The van der Waals surface area contributed by atoms with Gasteiger partial charge in [-0.2, -0.15) is 0 Å². The van der Waals surface area contributed by atoms with Crippen molar-refractivity contribution in [2.45, 2.75) is 126 Å². The minimum Gasteiger partial charge on any atom is -0.480 e. The van der Waals surface area contributed by atoms with Gasteiger partial charge in [-0.15, -0.1) is 0 Å². The van der Waals surface area contributed by atoms with Crippen LogP contribution < -0.4 is 88.0 Å². The summed E-state index contributed by atoms with van der Waals surface area (Å²) in [5, 5.41) is 62.8. The number of carbonyl (C=O) groups excluding carboxylic acids is 5. The van der Waals surface area contributed by atoms with E-state index in [0.29, 0.717) is 45.2 Å². The molecule has 63 heavy (non-hydrogen) atoms. The van der Waals surface area contributed by atoms with Crippen molar-refractivity contribution < 1.29 is 33.9 Å². The Bertz CT molecular complexity index is 1490. The number of aliphatic carboxylic acids is 1. The molecule has 0 spiro atoms. The Morgan fingerprint density at radius 2 is 0.651 bits per heavy atom. The van der Waals surface area contributed by atoms with Gasteiger partial charge in [0.15, 0.2) is 23.8 Å². The highest BCUT2D eigenvalue weighted by Gasteiger charge is 2.32. The van der Waals surface area contributed by atoms with Crippen LogP contribution in [0.3, 0.4) is 0 Å². The molecule has 0 bridgehead atoms. The van der Waals surface area contributed by atoms with E-state index in [1.807, 2.05) is 0 Å². The van der Waals surface area contributed by atoms with E-state index in [-0.39, 0.29) is 108 Å². The molecule has 0 fully saturated rings. The summed E-state index contributed by atoms with van der Waals surface area (Å²) in [5.41, 5.74) is 38.9. The van der Waals surface area contributed by atoms with Crippen LogP contribution in [0.4, 0.5) is 0 Å². The average molecular weight is 899 g/mol. The quantitative estimate of drug-likeness (QED) is 0.0160. The molecule has 27 nitrogen and oxygen atoms in total. The number of hydrogen-bond donors (Lipinski definition) is 21. The van der Waals surface area contributed by atoms with Crippen molar-refractivity contribution in [3.05, 3.63) is 0 Å². The smallest absolute Gasteiger partial charge is 0.326 e. The second-order valence-corrected chi connectivity index (χ2v) is 14.8. The largest absolute Gasteiger partial charge is 0.480 e. The van der Waals surface area contributed by atoms with Gasteiger partial charge in [0.05, 0.1) is 6.04 Å². The van der Waals surface area contributed by atoms with Crippen LogP contribution in [-0.4, -0.2) is 140 Å². The van der Waals surface area contributed by atoms with E-state index >= 15 is 0 Å². The molecule has 360 valence electrons. The predicted molar refractivity (Wildman–Crippen MR) is 238 cm³/mol. The molecule has 0 aliphatic heterocycles. The molecule has 6 atom stereocenters. The molecule has 0 saturated carbocycles. The zero-order valence-electron chi connectivity index (χ0n) is 36.0. The normalized spacial score (nSPS) is 13.6. The van der Waals surface area contributed by atoms with Crippen LogP contribution in [0.5, 0.6) is 0 Å². The third kappa shape index (κ3) is 28.1. The Labute approximate surface area is 367 Å². The first kappa shape index (κ1) is 56.8. The first-order valence-corrected chi connectivity index (χ1v) is 21.0. The van der Waals surface area contributed by atoms with Crippen LogP contribution in [0.2, 0.25) is 0 Å². The molecule has 0 unspecified atom stereocenters. The van der Waals surface area contributed by atoms with Gasteiger partial charge in [0, 0.05) is 26.2 Å². The van der Waals surface area contributed by atoms with Crippen molar-refractivity contribution in [1.82, 2.24) is 47.9 Å². The van der Waals surface area contributed by atoms with E-state index in [2.05, 4.69) is 47.9 Å². The van der Waals surface area contributed by atoms with Gasteiger partial charge in [0.25, 0.3) is 0 Å². The van der Waals surface area contributed by atoms with Gasteiger partial charge in [-0.25, -0.2) is 4.79 Å². The van der Waals surface area contributed by atoms with E-state index in [0.717, 1.165) is 0 Å². The fourth-order valence-electron chi connectivity index (χ4n) is 5.95. The first-order valence-electron chi connectivity index (χ1n) is 21.0. The van der Waals surface area contributed by atoms with Crippen LogP contribution >= 0.6 is 0 Å². The number of carboxylic acid groups (broad SMARTS) is 1. The fraction of sp³-hybridized carbons (Fsp3) is 0.722. The van der Waals surface area contributed by atoms with E-state index in [1.54, 1.807) is 0 Å². The summed E-state index contributed by atoms with van der Waals surface area (Å²) in [6, 6.07) is -7.36. The summed E-state index contributed by atoms with van der Waals surface area (Å²) >= 11 is 0. The zero-order valence-corrected chi connectivity index (χ0v) is 36.0. The Hall–Kier alpha value is -6.22. The molecule has 5 amide bonds. The number of amides is 5. The molecule has 0 heterocycles. The van der Waals surface area contributed by atoms with Crippen LogP contribution in [0.15, 0.2) is 0 Å². The Morgan fingerprint density at radius 1 is 0.397 bits per heavy atom. The summed E-state index contributed by atoms with van der Waals surface area (Å²) in [6.45, 7) is 1.35. The third-order valence-electron chi connectivity index (χ3n) is 9.34. The number of rotatable bonds is 35. The number of nitrogens with one attached hydrogen (secondary N) is 13. The lowest BCUT2D eigenvalue weighted by atomic mass is 10.0. The zero-order chi connectivity index (χ0) is 47.7.